The number of allylic oxidation sites excluding steroid dienone is 3. The molecule has 0 fully saturated rings. The van der Waals surface area contributed by atoms with Crippen molar-refractivity contribution in [2.45, 2.75) is 83.7 Å². The van der Waals surface area contributed by atoms with Crippen LogP contribution in [0.1, 0.15) is 77.6 Å². The molecule has 3 atom stereocenters. The summed E-state index contributed by atoms with van der Waals surface area (Å²) in [6, 6.07) is 0. The van der Waals surface area contributed by atoms with E-state index in [1.165, 1.54) is 0 Å². The number of hydrogen-bond donors (Lipinski definition) is 2. The first kappa shape index (κ1) is 22.4. The van der Waals surface area contributed by atoms with E-state index in [-0.39, 0.29) is 23.2 Å². The fourth-order valence-corrected chi connectivity index (χ4v) is 3.54. The first-order chi connectivity index (χ1) is 12.5. The van der Waals surface area contributed by atoms with Crippen molar-refractivity contribution >= 4 is 5.97 Å². The second-order valence-corrected chi connectivity index (χ2v) is 7.19. The summed E-state index contributed by atoms with van der Waals surface area (Å²) in [7, 11) is 0. The number of aliphatic hydroxyl groups is 1. The van der Waals surface area contributed by atoms with E-state index < -0.39 is 12.1 Å². The van der Waals surface area contributed by atoms with Crippen LogP contribution in [0.3, 0.4) is 0 Å². The molecule has 1 aliphatic rings. The van der Waals surface area contributed by atoms with Crippen molar-refractivity contribution in [2.75, 3.05) is 0 Å². The first-order valence-corrected chi connectivity index (χ1v) is 9.88. The molecule has 26 heavy (non-hydrogen) atoms. The summed E-state index contributed by atoms with van der Waals surface area (Å²) in [4.78, 5) is 21.5. The summed E-state index contributed by atoms with van der Waals surface area (Å²) < 4.78 is 0. The van der Waals surface area contributed by atoms with E-state index in [1.807, 2.05) is 6.08 Å². The van der Waals surface area contributed by atoms with Crippen LogP contribution in [0.15, 0.2) is 23.9 Å². The van der Waals surface area contributed by atoms with Crippen molar-refractivity contribution in [3.05, 3.63) is 34.0 Å². The third-order valence-electron chi connectivity index (χ3n) is 5.05. The zero-order chi connectivity index (χ0) is 19.4. The number of aliphatic carboxylic acids is 1. The number of carboxylic acid groups (broad SMARTS) is 1. The summed E-state index contributed by atoms with van der Waals surface area (Å²) in [6.45, 7) is 2.12. The minimum Gasteiger partial charge on any atom is -0.481 e. The fourth-order valence-electron chi connectivity index (χ4n) is 3.54. The molecule has 0 bridgehead atoms. The standard InChI is InChI=1S/C20H33NO5/c1-2-3-6-9-17(22)14-12-16-13-15-19(21(25)26)18(16)10-7-4-5-8-11-20(23)24/h12,14-18,22H,2-11,13H2,1H3,(H,23,24)/b14-12+/t16-,17+,18-/m1/s1. The van der Waals surface area contributed by atoms with Gasteiger partial charge in [-0.1, -0.05) is 57.6 Å². The number of carbonyl (C=O) groups is 1. The summed E-state index contributed by atoms with van der Waals surface area (Å²) >= 11 is 0. The average Bonchev–Trinajstić information content (AvgIpc) is 2.99. The molecular weight excluding hydrogens is 334 g/mol. The van der Waals surface area contributed by atoms with Crippen LogP contribution in [0.2, 0.25) is 0 Å². The highest BCUT2D eigenvalue weighted by Gasteiger charge is 2.35. The highest BCUT2D eigenvalue weighted by molar-refractivity contribution is 5.66. The van der Waals surface area contributed by atoms with Gasteiger partial charge in [-0.25, -0.2) is 0 Å². The molecular formula is C20H33NO5. The lowest BCUT2D eigenvalue weighted by molar-refractivity contribution is -0.433. The Bertz CT molecular complexity index is 500. The van der Waals surface area contributed by atoms with E-state index >= 15 is 0 Å². The van der Waals surface area contributed by atoms with Gasteiger partial charge >= 0.3 is 5.97 Å². The molecule has 0 unspecified atom stereocenters. The fraction of sp³-hybridized carbons (Fsp3) is 0.750. The van der Waals surface area contributed by atoms with Crippen LogP contribution in [0.4, 0.5) is 0 Å². The molecule has 6 nitrogen and oxygen atoms in total. The lowest BCUT2D eigenvalue weighted by atomic mass is 9.88. The molecule has 0 aromatic heterocycles. The lowest BCUT2D eigenvalue weighted by Crippen LogP contribution is -2.15. The van der Waals surface area contributed by atoms with Gasteiger partial charge in [-0.3, -0.25) is 14.9 Å². The molecule has 148 valence electrons. The predicted molar refractivity (Wildman–Crippen MR) is 101 cm³/mol. The SMILES string of the molecule is CCCCC[C@H](O)/C=C/[C@@H]1CC=C([N+](=O)[O-])[C@@H]1CCCCCCC(=O)O. The Morgan fingerprint density at radius 2 is 2.04 bits per heavy atom. The minimum atomic E-state index is -0.776. The van der Waals surface area contributed by atoms with Crippen LogP contribution in [0.25, 0.3) is 0 Å². The molecule has 1 rings (SSSR count). The maximum atomic E-state index is 11.3. The van der Waals surface area contributed by atoms with Gasteiger partial charge in [0.2, 0.25) is 5.70 Å². The van der Waals surface area contributed by atoms with Crippen LogP contribution < -0.4 is 0 Å². The number of carboxylic acids is 1. The quantitative estimate of drug-likeness (QED) is 0.200. The van der Waals surface area contributed by atoms with Crippen LogP contribution >= 0.6 is 0 Å². The highest BCUT2D eigenvalue weighted by Crippen LogP contribution is 2.37. The largest absolute Gasteiger partial charge is 0.481 e. The van der Waals surface area contributed by atoms with Crippen LogP contribution in [-0.2, 0) is 4.79 Å². The zero-order valence-electron chi connectivity index (χ0n) is 15.8. The number of nitrogens with zero attached hydrogens (tertiary/aromatic N) is 1. The van der Waals surface area contributed by atoms with Crippen LogP contribution in [-0.4, -0.2) is 27.2 Å². The van der Waals surface area contributed by atoms with Crippen molar-refractivity contribution in [3.63, 3.8) is 0 Å². The first-order valence-electron chi connectivity index (χ1n) is 9.88. The van der Waals surface area contributed by atoms with E-state index in [0.717, 1.165) is 51.4 Å². The Labute approximate surface area is 156 Å². The van der Waals surface area contributed by atoms with Crippen molar-refractivity contribution in [3.8, 4) is 0 Å². The normalized spacial score (nSPS) is 21.1. The molecule has 0 saturated carbocycles. The number of hydrogen-bond acceptors (Lipinski definition) is 4. The van der Waals surface area contributed by atoms with Crippen molar-refractivity contribution in [2.24, 2.45) is 11.8 Å². The number of aliphatic hydroxyl groups excluding tert-OH is 1. The Kier molecular flexibility index (Phi) is 10.9. The third kappa shape index (κ3) is 8.61. The Morgan fingerprint density at radius 1 is 1.31 bits per heavy atom. The molecule has 0 radical (unpaired) electrons. The van der Waals surface area contributed by atoms with E-state index in [2.05, 4.69) is 6.92 Å². The van der Waals surface area contributed by atoms with Crippen molar-refractivity contribution in [1.29, 1.82) is 0 Å². The van der Waals surface area contributed by atoms with Gasteiger partial charge < -0.3 is 10.2 Å². The van der Waals surface area contributed by atoms with E-state index in [1.54, 1.807) is 12.2 Å². The second-order valence-electron chi connectivity index (χ2n) is 7.19. The van der Waals surface area contributed by atoms with Crippen molar-refractivity contribution < 1.29 is 19.9 Å². The monoisotopic (exact) mass is 367 g/mol. The van der Waals surface area contributed by atoms with Gasteiger partial charge in [0.05, 0.1) is 16.9 Å². The smallest absolute Gasteiger partial charge is 0.303 e. The van der Waals surface area contributed by atoms with E-state index in [4.69, 9.17) is 5.11 Å². The maximum absolute atomic E-state index is 11.3. The molecule has 2 N–H and O–H groups in total. The zero-order valence-corrected chi connectivity index (χ0v) is 15.8. The molecule has 0 saturated heterocycles. The predicted octanol–water partition coefficient (Wildman–Crippen LogP) is 4.71. The number of rotatable bonds is 14. The van der Waals surface area contributed by atoms with Gasteiger partial charge in [-0.05, 0) is 37.7 Å². The molecule has 0 aliphatic heterocycles. The van der Waals surface area contributed by atoms with Crippen LogP contribution in [0.5, 0.6) is 0 Å². The molecule has 0 aromatic carbocycles. The van der Waals surface area contributed by atoms with Gasteiger partial charge in [-0.15, -0.1) is 0 Å². The Balaban J connectivity index is 2.46. The average molecular weight is 367 g/mol. The molecule has 0 amide bonds. The molecule has 0 heterocycles. The second kappa shape index (κ2) is 12.6. The van der Waals surface area contributed by atoms with Gasteiger partial charge in [0.25, 0.3) is 0 Å². The maximum Gasteiger partial charge on any atom is 0.303 e. The van der Waals surface area contributed by atoms with Crippen molar-refractivity contribution in [1.82, 2.24) is 0 Å². The third-order valence-corrected chi connectivity index (χ3v) is 5.05. The Hall–Kier alpha value is -1.69. The number of nitro groups is 1. The summed E-state index contributed by atoms with van der Waals surface area (Å²) in [5, 5.41) is 29.9. The molecule has 0 aromatic rings. The summed E-state index contributed by atoms with van der Waals surface area (Å²) in [6.07, 6.45) is 13.8. The van der Waals surface area contributed by atoms with Gasteiger partial charge in [0.1, 0.15) is 0 Å². The topological polar surface area (TPSA) is 101 Å². The van der Waals surface area contributed by atoms with E-state index in [0.29, 0.717) is 18.5 Å². The minimum absolute atomic E-state index is 0.0789. The summed E-state index contributed by atoms with van der Waals surface area (Å²) in [5.41, 5.74) is 0.297. The van der Waals surface area contributed by atoms with E-state index in [9.17, 15) is 20.0 Å². The van der Waals surface area contributed by atoms with Gasteiger partial charge in [-0.2, -0.15) is 0 Å². The number of unbranched alkanes of at least 4 members (excludes halogenated alkanes) is 5. The highest BCUT2D eigenvalue weighted by atomic mass is 16.6. The summed E-state index contributed by atoms with van der Waals surface area (Å²) in [5.74, 6) is -0.805. The molecule has 1 aliphatic carbocycles. The van der Waals surface area contributed by atoms with Gasteiger partial charge in [0, 0.05) is 6.42 Å². The van der Waals surface area contributed by atoms with Gasteiger partial charge in [0.15, 0.2) is 0 Å². The Morgan fingerprint density at radius 3 is 2.69 bits per heavy atom. The van der Waals surface area contributed by atoms with Crippen LogP contribution in [0, 0.1) is 22.0 Å². The molecule has 0 spiro atoms. The molecule has 6 heteroatoms. The lowest BCUT2D eigenvalue weighted by Gasteiger charge is -2.16.